The van der Waals surface area contributed by atoms with E-state index >= 15 is 0 Å². The zero-order valence-electron chi connectivity index (χ0n) is 15.6. The van der Waals surface area contributed by atoms with Gasteiger partial charge in [-0.15, -0.1) is 0 Å². The van der Waals surface area contributed by atoms with Gasteiger partial charge in [0.15, 0.2) is 5.96 Å². The van der Waals surface area contributed by atoms with Crippen LogP contribution in [0, 0.1) is 5.92 Å². The Morgan fingerprint density at radius 3 is 2.40 bits per heavy atom. The highest BCUT2D eigenvalue weighted by Crippen LogP contribution is 2.19. The van der Waals surface area contributed by atoms with E-state index in [2.05, 4.69) is 50.9 Å². The number of nitrogens with zero attached hydrogens (tertiary/aromatic N) is 2. The molecule has 0 atom stereocenters. The summed E-state index contributed by atoms with van der Waals surface area (Å²) < 4.78 is 0. The van der Waals surface area contributed by atoms with Crippen molar-refractivity contribution in [1.29, 1.82) is 0 Å². The third-order valence-corrected chi connectivity index (χ3v) is 4.32. The Hall–Kier alpha value is -2.30. The number of likely N-dealkylation sites (tertiary alicyclic amines) is 1. The summed E-state index contributed by atoms with van der Waals surface area (Å²) in [5.74, 6) is 1.03. The maximum Gasteiger partial charge on any atom is 0.222 e. The van der Waals surface area contributed by atoms with E-state index in [4.69, 9.17) is 0 Å². The minimum atomic E-state index is 0.0243. The first-order valence-electron chi connectivity index (χ1n) is 9.08. The first-order valence-corrected chi connectivity index (χ1v) is 9.08. The van der Waals surface area contributed by atoms with Crippen LogP contribution >= 0.6 is 0 Å². The quantitative estimate of drug-likeness (QED) is 0.491. The van der Waals surface area contributed by atoms with E-state index < -0.39 is 0 Å². The molecule has 5 heteroatoms. The van der Waals surface area contributed by atoms with Gasteiger partial charge in [-0.1, -0.05) is 55.8 Å². The highest BCUT2D eigenvalue weighted by atomic mass is 16.1. The molecule has 0 radical (unpaired) electrons. The summed E-state index contributed by atoms with van der Waals surface area (Å²) in [4.78, 5) is 18.2. The number of rotatable bonds is 5. The number of aliphatic imine (C=N–C) groups is 1. The predicted octanol–water partition coefficient (Wildman–Crippen LogP) is 2.51. The summed E-state index contributed by atoms with van der Waals surface area (Å²) in [6, 6.07) is 10.5. The van der Waals surface area contributed by atoms with Crippen molar-refractivity contribution in [3.8, 4) is 0 Å². The number of nitrogens with one attached hydrogen (secondary N) is 2. The van der Waals surface area contributed by atoms with Gasteiger partial charge in [-0.05, 0) is 18.4 Å². The Balaban J connectivity index is 1.76. The van der Waals surface area contributed by atoms with Crippen LogP contribution in [0.5, 0.6) is 0 Å². The molecule has 1 saturated heterocycles. The number of hydrogen-bond donors (Lipinski definition) is 2. The van der Waals surface area contributed by atoms with E-state index in [1.807, 2.05) is 27.0 Å². The van der Waals surface area contributed by atoms with Crippen molar-refractivity contribution < 1.29 is 4.79 Å². The van der Waals surface area contributed by atoms with Gasteiger partial charge in [-0.3, -0.25) is 9.79 Å². The monoisotopic (exact) mass is 342 g/mol. The lowest BCUT2D eigenvalue weighted by Gasteiger charge is -2.31. The number of benzene rings is 1. The summed E-state index contributed by atoms with van der Waals surface area (Å²) in [6.45, 7) is 7.04. The number of guanidine groups is 1. The Morgan fingerprint density at radius 1 is 1.16 bits per heavy atom. The maximum absolute atomic E-state index is 11.6. The van der Waals surface area contributed by atoms with Crippen molar-refractivity contribution in [3.05, 3.63) is 41.5 Å². The molecule has 25 heavy (non-hydrogen) atoms. The van der Waals surface area contributed by atoms with Crippen molar-refractivity contribution in [2.45, 2.75) is 26.7 Å². The second-order valence-electron chi connectivity index (χ2n) is 6.62. The minimum Gasteiger partial charge on any atom is -0.354 e. The van der Waals surface area contributed by atoms with Gasteiger partial charge < -0.3 is 15.5 Å². The topological polar surface area (TPSA) is 56.7 Å². The standard InChI is InChI=1S/C20H30N4O/c1-16(2)19(25)22-11-12-23-20(21-3)24-13-9-18(10-14-24)15-17-7-5-4-6-8-17/h4-8,15-16H,9-14H2,1-3H3,(H,21,23)(H,22,25). The van der Waals surface area contributed by atoms with Crippen LogP contribution in [0.15, 0.2) is 40.9 Å². The van der Waals surface area contributed by atoms with E-state index in [-0.39, 0.29) is 11.8 Å². The van der Waals surface area contributed by atoms with Gasteiger partial charge >= 0.3 is 0 Å². The van der Waals surface area contributed by atoms with Crippen LogP contribution in [0.4, 0.5) is 0 Å². The Bertz CT molecular complexity index is 597. The average molecular weight is 342 g/mol. The van der Waals surface area contributed by atoms with Crippen LogP contribution in [-0.2, 0) is 4.79 Å². The van der Waals surface area contributed by atoms with Crippen LogP contribution in [0.1, 0.15) is 32.3 Å². The first kappa shape index (κ1) is 19.0. The second kappa shape index (κ2) is 9.87. The van der Waals surface area contributed by atoms with Gasteiger partial charge in [0.25, 0.3) is 0 Å². The Kier molecular flexibility index (Phi) is 7.51. The van der Waals surface area contributed by atoms with Gasteiger partial charge in [-0.25, -0.2) is 0 Å². The molecule has 1 aliphatic heterocycles. The number of carbonyl (C=O) groups excluding carboxylic acids is 1. The number of hydrogen-bond acceptors (Lipinski definition) is 2. The normalized spacial score (nSPS) is 15.3. The van der Waals surface area contributed by atoms with E-state index in [9.17, 15) is 4.79 Å². The molecule has 1 aromatic carbocycles. The lowest BCUT2D eigenvalue weighted by Crippen LogP contribution is -2.46. The molecule has 1 aliphatic rings. The van der Waals surface area contributed by atoms with Crippen LogP contribution in [-0.4, -0.2) is 50.0 Å². The van der Waals surface area contributed by atoms with Gasteiger partial charge in [0.2, 0.25) is 5.91 Å². The number of amides is 1. The van der Waals surface area contributed by atoms with Gasteiger partial charge in [0.1, 0.15) is 0 Å². The first-order chi connectivity index (χ1) is 12.1. The molecule has 1 fully saturated rings. The molecule has 2 N–H and O–H groups in total. The summed E-state index contributed by atoms with van der Waals surface area (Å²) >= 11 is 0. The summed E-state index contributed by atoms with van der Waals surface area (Å²) in [7, 11) is 1.81. The lowest BCUT2D eigenvalue weighted by molar-refractivity contribution is -0.123. The molecule has 0 saturated carbocycles. The Morgan fingerprint density at radius 2 is 1.80 bits per heavy atom. The fourth-order valence-corrected chi connectivity index (χ4v) is 2.83. The molecule has 0 unspecified atom stereocenters. The van der Waals surface area contributed by atoms with Crippen molar-refractivity contribution in [3.63, 3.8) is 0 Å². The molecule has 1 heterocycles. The minimum absolute atomic E-state index is 0.0243. The van der Waals surface area contributed by atoms with E-state index in [1.54, 1.807) is 0 Å². The van der Waals surface area contributed by atoms with Gasteiger partial charge in [-0.2, -0.15) is 0 Å². The third-order valence-electron chi connectivity index (χ3n) is 4.32. The molecular weight excluding hydrogens is 312 g/mol. The summed E-state index contributed by atoms with van der Waals surface area (Å²) in [5, 5.41) is 6.25. The van der Waals surface area contributed by atoms with Gasteiger partial charge in [0.05, 0.1) is 0 Å². The summed E-state index contributed by atoms with van der Waals surface area (Å²) in [5.41, 5.74) is 2.76. The Labute approximate surface area is 151 Å². The summed E-state index contributed by atoms with van der Waals surface area (Å²) in [6.07, 6.45) is 4.41. The third kappa shape index (κ3) is 6.25. The molecule has 0 aromatic heterocycles. The molecule has 0 spiro atoms. The van der Waals surface area contributed by atoms with Gasteiger partial charge in [0, 0.05) is 39.1 Å². The van der Waals surface area contributed by atoms with Crippen molar-refractivity contribution in [2.75, 3.05) is 33.2 Å². The van der Waals surface area contributed by atoms with Crippen molar-refractivity contribution in [1.82, 2.24) is 15.5 Å². The maximum atomic E-state index is 11.6. The molecule has 0 bridgehead atoms. The molecule has 136 valence electrons. The smallest absolute Gasteiger partial charge is 0.222 e. The zero-order chi connectivity index (χ0) is 18.1. The number of carbonyl (C=O) groups is 1. The molecule has 1 amide bonds. The molecule has 2 rings (SSSR count). The predicted molar refractivity (Wildman–Crippen MR) is 104 cm³/mol. The highest BCUT2D eigenvalue weighted by Gasteiger charge is 2.17. The van der Waals surface area contributed by atoms with Crippen LogP contribution < -0.4 is 10.6 Å². The fourth-order valence-electron chi connectivity index (χ4n) is 2.83. The van der Waals surface area contributed by atoms with Crippen LogP contribution in [0.3, 0.4) is 0 Å². The molecule has 0 aliphatic carbocycles. The van der Waals surface area contributed by atoms with Crippen molar-refractivity contribution in [2.24, 2.45) is 10.9 Å². The molecule has 1 aromatic rings. The zero-order valence-corrected chi connectivity index (χ0v) is 15.6. The lowest BCUT2D eigenvalue weighted by atomic mass is 10.0. The second-order valence-corrected chi connectivity index (χ2v) is 6.62. The van der Waals surface area contributed by atoms with E-state index in [0.29, 0.717) is 13.1 Å². The largest absolute Gasteiger partial charge is 0.354 e. The molecule has 5 nitrogen and oxygen atoms in total. The van der Waals surface area contributed by atoms with Crippen LogP contribution in [0.2, 0.25) is 0 Å². The van der Waals surface area contributed by atoms with Crippen molar-refractivity contribution >= 4 is 17.9 Å². The average Bonchev–Trinajstić information content (AvgIpc) is 2.63. The fraction of sp³-hybridized carbons (Fsp3) is 0.500. The highest BCUT2D eigenvalue weighted by molar-refractivity contribution is 5.80. The SMILES string of the molecule is CN=C(NCCNC(=O)C(C)C)N1CCC(=Cc2ccccc2)CC1. The number of piperidine rings is 1. The van der Waals surface area contributed by atoms with Crippen LogP contribution in [0.25, 0.3) is 6.08 Å². The molecular formula is C20H30N4O. The van der Waals surface area contributed by atoms with E-state index in [1.165, 1.54) is 11.1 Å². The van der Waals surface area contributed by atoms with E-state index in [0.717, 1.165) is 31.9 Å².